The maximum Gasteiger partial charge on any atom is 0.224 e. The summed E-state index contributed by atoms with van der Waals surface area (Å²) in [6, 6.07) is 7.92. The molecular formula is C13H18BrNO2. The van der Waals surface area contributed by atoms with E-state index in [-0.39, 0.29) is 5.91 Å². The third kappa shape index (κ3) is 4.88. The van der Waals surface area contributed by atoms with Crippen molar-refractivity contribution in [2.45, 2.75) is 19.9 Å². The van der Waals surface area contributed by atoms with Crippen molar-refractivity contribution >= 4 is 21.8 Å². The standard InChI is InChI=1S/C13H18BrNO2/c1-3-17-9-8-13(16)15(2)10-11-6-4-5-7-12(11)14/h4-7H,3,8-10H2,1-2H3. The molecule has 0 saturated carbocycles. The average molecular weight is 300 g/mol. The van der Waals surface area contributed by atoms with Crippen LogP contribution in [0.15, 0.2) is 28.7 Å². The number of benzene rings is 1. The van der Waals surface area contributed by atoms with Gasteiger partial charge in [-0.15, -0.1) is 0 Å². The number of carbonyl (C=O) groups is 1. The summed E-state index contributed by atoms with van der Waals surface area (Å²) in [5.41, 5.74) is 1.11. The van der Waals surface area contributed by atoms with Crippen molar-refractivity contribution in [1.29, 1.82) is 0 Å². The van der Waals surface area contributed by atoms with Gasteiger partial charge in [-0.2, -0.15) is 0 Å². The number of hydrogen-bond donors (Lipinski definition) is 0. The van der Waals surface area contributed by atoms with E-state index in [1.807, 2.05) is 38.2 Å². The number of halogens is 1. The Morgan fingerprint density at radius 1 is 1.41 bits per heavy atom. The third-order valence-electron chi connectivity index (χ3n) is 2.46. The molecule has 17 heavy (non-hydrogen) atoms. The number of hydrogen-bond acceptors (Lipinski definition) is 2. The van der Waals surface area contributed by atoms with Gasteiger partial charge in [-0.1, -0.05) is 34.1 Å². The minimum absolute atomic E-state index is 0.106. The monoisotopic (exact) mass is 299 g/mol. The van der Waals surface area contributed by atoms with Gasteiger partial charge in [0.05, 0.1) is 13.0 Å². The smallest absolute Gasteiger partial charge is 0.224 e. The molecule has 3 nitrogen and oxygen atoms in total. The van der Waals surface area contributed by atoms with Gasteiger partial charge in [0.15, 0.2) is 0 Å². The Hall–Kier alpha value is -0.870. The molecule has 0 unspecified atom stereocenters. The van der Waals surface area contributed by atoms with Crippen LogP contribution in [0.3, 0.4) is 0 Å². The Balaban J connectivity index is 2.46. The quantitative estimate of drug-likeness (QED) is 0.756. The first kappa shape index (κ1) is 14.2. The van der Waals surface area contributed by atoms with Gasteiger partial charge >= 0.3 is 0 Å². The van der Waals surface area contributed by atoms with E-state index in [2.05, 4.69) is 15.9 Å². The van der Waals surface area contributed by atoms with E-state index >= 15 is 0 Å². The molecule has 4 heteroatoms. The molecule has 0 aliphatic heterocycles. The van der Waals surface area contributed by atoms with Crippen molar-refractivity contribution in [3.05, 3.63) is 34.3 Å². The normalized spacial score (nSPS) is 10.3. The molecule has 0 fully saturated rings. The largest absolute Gasteiger partial charge is 0.381 e. The van der Waals surface area contributed by atoms with Crippen molar-refractivity contribution in [2.24, 2.45) is 0 Å². The number of rotatable bonds is 6. The molecule has 1 amide bonds. The number of carbonyl (C=O) groups excluding carboxylic acids is 1. The van der Waals surface area contributed by atoms with Crippen LogP contribution in [0, 0.1) is 0 Å². The maximum atomic E-state index is 11.8. The first-order chi connectivity index (χ1) is 8.15. The van der Waals surface area contributed by atoms with Gasteiger partial charge in [0.25, 0.3) is 0 Å². The van der Waals surface area contributed by atoms with E-state index in [1.54, 1.807) is 4.90 Å². The molecule has 1 rings (SSSR count). The van der Waals surface area contributed by atoms with Crippen LogP contribution >= 0.6 is 15.9 Å². The predicted molar refractivity (Wildman–Crippen MR) is 71.7 cm³/mol. The molecule has 0 saturated heterocycles. The van der Waals surface area contributed by atoms with Gasteiger partial charge in [-0.3, -0.25) is 4.79 Å². The van der Waals surface area contributed by atoms with E-state index in [9.17, 15) is 4.79 Å². The lowest BCUT2D eigenvalue weighted by atomic mass is 10.2. The van der Waals surface area contributed by atoms with Crippen LogP contribution in [-0.4, -0.2) is 31.1 Å². The lowest BCUT2D eigenvalue weighted by Crippen LogP contribution is -2.27. The summed E-state index contributed by atoms with van der Waals surface area (Å²) < 4.78 is 6.20. The molecule has 0 bridgehead atoms. The summed E-state index contributed by atoms with van der Waals surface area (Å²) in [5.74, 6) is 0.106. The van der Waals surface area contributed by atoms with Crippen LogP contribution < -0.4 is 0 Å². The van der Waals surface area contributed by atoms with Crippen molar-refractivity contribution in [3.63, 3.8) is 0 Å². The van der Waals surface area contributed by atoms with Gasteiger partial charge in [0, 0.05) is 24.7 Å². The van der Waals surface area contributed by atoms with E-state index in [0.29, 0.717) is 26.2 Å². The predicted octanol–water partition coefficient (Wildman–Crippen LogP) is 2.83. The minimum atomic E-state index is 0.106. The SMILES string of the molecule is CCOCCC(=O)N(C)Cc1ccccc1Br. The highest BCUT2D eigenvalue weighted by molar-refractivity contribution is 9.10. The fourth-order valence-electron chi connectivity index (χ4n) is 1.46. The molecule has 94 valence electrons. The number of nitrogens with zero attached hydrogens (tertiary/aromatic N) is 1. The van der Waals surface area contributed by atoms with Gasteiger partial charge in [-0.25, -0.2) is 0 Å². The van der Waals surface area contributed by atoms with E-state index in [4.69, 9.17) is 4.74 Å². The van der Waals surface area contributed by atoms with Crippen LogP contribution in [0.1, 0.15) is 18.9 Å². The Morgan fingerprint density at radius 2 is 2.12 bits per heavy atom. The maximum absolute atomic E-state index is 11.8. The highest BCUT2D eigenvalue weighted by atomic mass is 79.9. The summed E-state index contributed by atoms with van der Waals surface area (Å²) in [6.45, 7) is 3.69. The van der Waals surface area contributed by atoms with Crippen LogP contribution in [0.2, 0.25) is 0 Å². The highest BCUT2D eigenvalue weighted by Crippen LogP contribution is 2.17. The molecule has 0 atom stereocenters. The Kier molecular flexibility index (Phi) is 6.22. The Labute approximate surface area is 111 Å². The first-order valence-electron chi connectivity index (χ1n) is 5.70. The molecule has 0 N–H and O–H groups in total. The molecular weight excluding hydrogens is 282 g/mol. The van der Waals surface area contributed by atoms with Crippen LogP contribution in [0.4, 0.5) is 0 Å². The van der Waals surface area contributed by atoms with Crippen molar-refractivity contribution in [1.82, 2.24) is 4.90 Å². The number of amides is 1. The van der Waals surface area contributed by atoms with Gasteiger partial charge in [0.2, 0.25) is 5.91 Å². The molecule has 0 aliphatic carbocycles. The van der Waals surface area contributed by atoms with Gasteiger partial charge in [0.1, 0.15) is 0 Å². The second-order valence-corrected chi connectivity index (χ2v) is 4.64. The average Bonchev–Trinajstić information content (AvgIpc) is 2.32. The second-order valence-electron chi connectivity index (χ2n) is 3.79. The van der Waals surface area contributed by atoms with Gasteiger partial charge < -0.3 is 9.64 Å². The molecule has 0 spiro atoms. The van der Waals surface area contributed by atoms with Crippen LogP contribution in [0.25, 0.3) is 0 Å². The van der Waals surface area contributed by atoms with E-state index in [1.165, 1.54) is 0 Å². The summed E-state index contributed by atoms with van der Waals surface area (Å²) in [6.07, 6.45) is 0.439. The topological polar surface area (TPSA) is 29.5 Å². The molecule has 1 aromatic rings. The Bertz CT molecular complexity index is 368. The zero-order valence-corrected chi connectivity index (χ0v) is 11.9. The molecule has 0 radical (unpaired) electrons. The fourth-order valence-corrected chi connectivity index (χ4v) is 1.88. The summed E-state index contributed by atoms with van der Waals surface area (Å²) in [5, 5.41) is 0. The van der Waals surface area contributed by atoms with Crippen LogP contribution in [-0.2, 0) is 16.1 Å². The van der Waals surface area contributed by atoms with E-state index < -0.39 is 0 Å². The van der Waals surface area contributed by atoms with Crippen molar-refractivity contribution < 1.29 is 9.53 Å². The summed E-state index contributed by atoms with van der Waals surface area (Å²) >= 11 is 3.48. The van der Waals surface area contributed by atoms with Crippen LogP contribution in [0.5, 0.6) is 0 Å². The molecule has 0 aromatic heterocycles. The fraction of sp³-hybridized carbons (Fsp3) is 0.462. The Morgan fingerprint density at radius 3 is 2.76 bits per heavy atom. The van der Waals surface area contributed by atoms with E-state index in [0.717, 1.165) is 10.0 Å². The first-order valence-corrected chi connectivity index (χ1v) is 6.49. The third-order valence-corrected chi connectivity index (χ3v) is 3.23. The molecule has 0 aliphatic rings. The summed E-state index contributed by atoms with van der Waals surface area (Å²) in [7, 11) is 1.81. The lowest BCUT2D eigenvalue weighted by Gasteiger charge is -2.18. The zero-order chi connectivity index (χ0) is 12.7. The van der Waals surface area contributed by atoms with Crippen molar-refractivity contribution in [2.75, 3.05) is 20.3 Å². The molecule has 1 aromatic carbocycles. The molecule has 0 heterocycles. The number of ether oxygens (including phenoxy) is 1. The zero-order valence-electron chi connectivity index (χ0n) is 10.3. The lowest BCUT2D eigenvalue weighted by molar-refractivity contribution is -0.131. The second kappa shape index (κ2) is 7.45. The van der Waals surface area contributed by atoms with Gasteiger partial charge in [-0.05, 0) is 18.6 Å². The minimum Gasteiger partial charge on any atom is -0.381 e. The highest BCUT2D eigenvalue weighted by Gasteiger charge is 2.10. The summed E-state index contributed by atoms with van der Waals surface area (Å²) in [4.78, 5) is 13.5. The van der Waals surface area contributed by atoms with Crippen molar-refractivity contribution in [3.8, 4) is 0 Å².